The van der Waals surface area contributed by atoms with Gasteiger partial charge in [-0.1, -0.05) is 43.5 Å². The second kappa shape index (κ2) is 5.50. The van der Waals surface area contributed by atoms with Gasteiger partial charge in [-0.05, 0) is 24.3 Å². The molecule has 1 aromatic heterocycles. The first-order valence-corrected chi connectivity index (χ1v) is 7.31. The lowest BCUT2D eigenvalue weighted by Crippen LogP contribution is -2.04. The summed E-state index contributed by atoms with van der Waals surface area (Å²) in [5, 5.41) is 9.13. The third-order valence-electron chi connectivity index (χ3n) is 4.30. The Morgan fingerprint density at radius 3 is 2.50 bits per heavy atom. The summed E-state index contributed by atoms with van der Waals surface area (Å²) in [6.45, 7) is 0. The Kier molecular flexibility index (Phi) is 3.56. The molecule has 1 aliphatic rings. The minimum atomic E-state index is 0.498. The van der Waals surface area contributed by atoms with Crippen molar-refractivity contribution in [1.82, 2.24) is 9.55 Å². The van der Waals surface area contributed by atoms with Gasteiger partial charge in [0.15, 0.2) is 5.69 Å². The predicted octanol–water partition coefficient (Wildman–Crippen LogP) is 4.01. The topological polar surface area (TPSA) is 41.6 Å². The van der Waals surface area contributed by atoms with Gasteiger partial charge in [0.1, 0.15) is 6.07 Å². The van der Waals surface area contributed by atoms with Crippen molar-refractivity contribution in [3.05, 3.63) is 41.9 Å². The first kappa shape index (κ1) is 12.9. The summed E-state index contributed by atoms with van der Waals surface area (Å²) in [6.07, 6.45) is 8.42. The molecule has 1 saturated carbocycles. The molecule has 3 rings (SSSR count). The number of imidazole rings is 1. The Hall–Kier alpha value is -2.08. The van der Waals surface area contributed by atoms with E-state index in [1.54, 1.807) is 6.33 Å². The van der Waals surface area contributed by atoms with E-state index >= 15 is 0 Å². The van der Waals surface area contributed by atoms with E-state index in [1.165, 1.54) is 37.7 Å². The van der Waals surface area contributed by atoms with E-state index in [0.29, 0.717) is 5.69 Å². The van der Waals surface area contributed by atoms with Crippen LogP contribution in [0.1, 0.15) is 49.3 Å². The summed E-state index contributed by atoms with van der Waals surface area (Å²) in [5.74, 6) is 0.722. The lowest BCUT2D eigenvalue weighted by Gasteiger charge is -2.22. The van der Waals surface area contributed by atoms with Crippen LogP contribution in [-0.4, -0.2) is 9.55 Å². The number of hydrogen-bond donors (Lipinski definition) is 0. The van der Waals surface area contributed by atoms with E-state index in [-0.39, 0.29) is 0 Å². The molecule has 0 amide bonds. The molecular formula is C17H19N3. The highest BCUT2D eigenvalue weighted by Gasteiger charge is 2.16. The van der Waals surface area contributed by atoms with E-state index in [0.717, 1.165) is 17.2 Å². The van der Waals surface area contributed by atoms with Gasteiger partial charge in [0.25, 0.3) is 0 Å². The van der Waals surface area contributed by atoms with Gasteiger partial charge in [-0.15, -0.1) is 0 Å². The van der Waals surface area contributed by atoms with E-state index in [1.807, 2.05) is 11.6 Å². The van der Waals surface area contributed by atoms with Gasteiger partial charge in [0, 0.05) is 12.6 Å². The van der Waals surface area contributed by atoms with Crippen molar-refractivity contribution < 1.29 is 0 Å². The zero-order valence-electron chi connectivity index (χ0n) is 11.8. The number of aromatic nitrogens is 2. The van der Waals surface area contributed by atoms with Gasteiger partial charge >= 0.3 is 0 Å². The van der Waals surface area contributed by atoms with Gasteiger partial charge in [-0.3, -0.25) is 0 Å². The Morgan fingerprint density at radius 1 is 1.15 bits per heavy atom. The number of nitriles is 1. The third kappa shape index (κ3) is 2.34. The highest BCUT2D eigenvalue weighted by atomic mass is 15.0. The average molecular weight is 265 g/mol. The number of hydrogen-bond acceptors (Lipinski definition) is 2. The van der Waals surface area contributed by atoms with Crippen molar-refractivity contribution in [3.8, 4) is 17.3 Å². The summed E-state index contributed by atoms with van der Waals surface area (Å²) >= 11 is 0. The molecule has 0 unspecified atom stereocenters. The molecule has 0 spiro atoms. The highest BCUT2D eigenvalue weighted by molar-refractivity contribution is 5.65. The second-order valence-electron chi connectivity index (χ2n) is 5.62. The molecule has 1 heterocycles. The van der Waals surface area contributed by atoms with Crippen molar-refractivity contribution in [2.24, 2.45) is 7.05 Å². The first-order valence-electron chi connectivity index (χ1n) is 7.31. The van der Waals surface area contributed by atoms with Crippen LogP contribution in [0.3, 0.4) is 0 Å². The molecule has 2 aromatic rings. The molecule has 0 N–H and O–H groups in total. The molecule has 0 aliphatic heterocycles. The molecule has 1 fully saturated rings. The largest absolute Gasteiger partial charge is 0.333 e. The Morgan fingerprint density at radius 2 is 1.85 bits per heavy atom. The van der Waals surface area contributed by atoms with Crippen LogP contribution in [-0.2, 0) is 7.05 Å². The van der Waals surface area contributed by atoms with E-state index in [4.69, 9.17) is 5.26 Å². The molecular weight excluding hydrogens is 246 g/mol. The molecule has 0 atom stereocenters. The van der Waals surface area contributed by atoms with Crippen LogP contribution < -0.4 is 0 Å². The fourth-order valence-corrected chi connectivity index (χ4v) is 3.20. The zero-order valence-corrected chi connectivity index (χ0v) is 11.8. The normalized spacial score (nSPS) is 16.0. The molecule has 1 aliphatic carbocycles. The van der Waals surface area contributed by atoms with Crippen molar-refractivity contribution in [3.63, 3.8) is 0 Å². The van der Waals surface area contributed by atoms with Crippen molar-refractivity contribution >= 4 is 0 Å². The SMILES string of the molecule is Cn1cnc(C#N)c1-c1ccc(C2CCCCC2)cc1. The molecule has 102 valence electrons. The maximum atomic E-state index is 9.13. The number of nitrogens with zero attached hydrogens (tertiary/aromatic N) is 3. The lowest BCUT2D eigenvalue weighted by atomic mass is 9.84. The quantitative estimate of drug-likeness (QED) is 0.823. The predicted molar refractivity (Wildman–Crippen MR) is 79.2 cm³/mol. The Bertz CT molecular complexity index is 625. The van der Waals surface area contributed by atoms with Gasteiger partial charge in [-0.2, -0.15) is 5.26 Å². The smallest absolute Gasteiger partial charge is 0.166 e. The van der Waals surface area contributed by atoms with Crippen LogP contribution in [0, 0.1) is 11.3 Å². The number of benzene rings is 1. The van der Waals surface area contributed by atoms with Crippen LogP contribution in [0.2, 0.25) is 0 Å². The van der Waals surface area contributed by atoms with Crippen LogP contribution >= 0.6 is 0 Å². The molecule has 0 bridgehead atoms. The zero-order chi connectivity index (χ0) is 13.9. The van der Waals surface area contributed by atoms with E-state index in [2.05, 4.69) is 35.3 Å². The van der Waals surface area contributed by atoms with Crippen LogP contribution in [0.4, 0.5) is 0 Å². The molecule has 20 heavy (non-hydrogen) atoms. The first-order chi connectivity index (χ1) is 9.79. The lowest BCUT2D eigenvalue weighted by molar-refractivity contribution is 0.443. The van der Waals surface area contributed by atoms with E-state index in [9.17, 15) is 0 Å². The van der Waals surface area contributed by atoms with Gasteiger partial charge in [0.05, 0.1) is 12.0 Å². The summed E-state index contributed by atoms with van der Waals surface area (Å²) < 4.78 is 1.91. The Labute approximate surface area is 119 Å². The highest BCUT2D eigenvalue weighted by Crippen LogP contribution is 2.33. The van der Waals surface area contributed by atoms with Crippen molar-refractivity contribution in [2.45, 2.75) is 38.0 Å². The fraction of sp³-hybridized carbons (Fsp3) is 0.412. The van der Waals surface area contributed by atoms with Crippen molar-refractivity contribution in [1.29, 1.82) is 5.26 Å². The van der Waals surface area contributed by atoms with E-state index < -0.39 is 0 Å². The van der Waals surface area contributed by atoms with Gasteiger partial charge < -0.3 is 4.57 Å². The van der Waals surface area contributed by atoms with Crippen LogP contribution in [0.5, 0.6) is 0 Å². The molecule has 0 radical (unpaired) electrons. The van der Waals surface area contributed by atoms with Crippen molar-refractivity contribution in [2.75, 3.05) is 0 Å². The standard InChI is InChI=1S/C17H19N3/c1-20-12-19-16(11-18)17(20)15-9-7-14(8-10-15)13-5-3-2-4-6-13/h7-10,12-13H,2-6H2,1H3. The minimum absolute atomic E-state index is 0.498. The Balaban J connectivity index is 1.89. The van der Waals surface area contributed by atoms with Gasteiger partial charge in [0.2, 0.25) is 0 Å². The average Bonchev–Trinajstić information content (AvgIpc) is 2.89. The maximum Gasteiger partial charge on any atom is 0.166 e. The van der Waals surface area contributed by atoms with Crippen LogP contribution in [0.15, 0.2) is 30.6 Å². The molecule has 1 aromatic carbocycles. The summed E-state index contributed by atoms with van der Waals surface area (Å²) in [7, 11) is 1.93. The summed E-state index contributed by atoms with van der Waals surface area (Å²) in [4.78, 5) is 4.12. The third-order valence-corrected chi connectivity index (χ3v) is 4.30. The minimum Gasteiger partial charge on any atom is -0.333 e. The molecule has 0 saturated heterocycles. The monoisotopic (exact) mass is 265 g/mol. The maximum absolute atomic E-state index is 9.13. The summed E-state index contributed by atoms with van der Waals surface area (Å²) in [6, 6.07) is 10.9. The summed E-state index contributed by atoms with van der Waals surface area (Å²) in [5.41, 5.74) is 3.91. The van der Waals surface area contributed by atoms with Gasteiger partial charge in [-0.25, -0.2) is 4.98 Å². The second-order valence-corrected chi connectivity index (χ2v) is 5.62. The number of rotatable bonds is 2. The fourth-order valence-electron chi connectivity index (χ4n) is 3.20. The van der Waals surface area contributed by atoms with Crippen LogP contribution in [0.25, 0.3) is 11.3 Å². The molecule has 3 nitrogen and oxygen atoms in total. The number of aryl methyl sites for hydroxylation is 1. The molecule has 3 heteroatoms.